The molecular formula is C25H18Cl2N2O5S. The van der Waals surface area contributed by atoms with E-state index in [0.717, 1.165) is 10.1 Å². The van der Waals surface area contributed by atoms with Gasteiger partial charge in [0, 0.05) is 15.1 Å². The Hall–Kier alpha value is -3.59. The van der Waals surface area contributed by atoms with E-state index in [9.17, 15) is 9.59 Å². The number of methoxy groups -OCH3 is 1. The fourth-order valence-corrected chi connectivity index (χ4v) is 4.59. The maximum Gasteiger partial charge on any atom is 0.355 e. The van der Waals surface area contributed by atoms with Gasteiger partial charge in [-0.15, -0.1) is 11.3 Å². The number of hydrazone groups is 1. The molecule has 0 atom stereocenters. The molecule has 7 nitrogen and oxygen atoms in total. The molecule has 0 aliphatic rings. The van der Waals surface area contributed by atoms with Crippen molar-refractivity contribution in [3.8, 4) is 17.2 Å². The average molecular weight is 529 g/mol. The lowest BCUT2D eigenvalue weighted by molar-refractivity contribution is -0.123. The van der Waals surface area contributed by atoms with E-state index in [2.05, 4.69) is 10.5 Å². The van der Waals surface area contributed by atoms with Gasteiger partial charge in [0.05, 0.1) is 18.3 Å². The minimum Gasteiger partial charge on any atom is -0.497 e. The van der Waals surface area contributed by atoms with Crippen molar-refractivity contribution >= 4 is 62.7 Å². The van der Waals surface area contributed by atoms with E-state index in [1.807, 2.05) is 6.07 Å². The summed E-state index contributed by atoms with van der Waals surface area (Å²) in [5.74, 6) is 0.529. The van der Waals surface area contributed by atoms with Crippen LogP contribution in [0.25, 0.3) is 10.1 Å². The first-order valence-electron chi connectivity index (χ1n) is 10.2. The van der Waals surface area contributed by atoms with E-state index in [1.54, 1.807) is 67.8 Å². The molecule has 0 aliphatic heterocycles. The van der Waals surface area contributed by atoms with Gasteiger partial charge in [0.1, 0.15) is 22.1 Å². The summed E-state index contributed by atoms with van der Waals surface area (Å²) in [4.78, 5) is 24.8. The van der Waals surface area contributed by atoms with E-state index >= 15 is 0 Å². The van der Waals surface area contributed by atoms with Crippen LogP contribution in [0.3, 0.4) is 0 Å². The summed E-state index contributed by atoms with van der Waals surface area (Å²) in [7, 11) is 1.57. The topological polar surface area (TPSA) is 86.2 Å². The van der Waals surface area contributed by atoms with Crippen molar-refractivity contribution in [2.75, 3.05) is 13.7 Å². The van der Waals surface area contributed by atoms with E-state index in [1.165, 1.54) is 17.6 Å². The molecule has 0 saturated heterocycles. The lowest BCUT2D eigenvalue weighted by Crippen LogP contribution is -2.24. The van der Waals surface area contributed by atoms with E-state index in [-0.39, 0.29) is 6.61 Å². The number of halogens is 2. The van der Waals surface area contributed by atoms with Gasteiger partial charge < -0.3 is 14.2 Å². The van der Waals surface area contributed by atoms with Crippen molar-refractivity contribution in [1.82, 2.24) is 5.43 Å². The van der Waals surface area contributed by atoms with Gasteiger partial charge in [-0.2, -0.15) is 5.10 Å². The van der Waals surface area contributed by atoms with Gasteiger partial charge in [-0.25, -0.2) is 10.2 Å². The smallest absolute Gasteiger partial charge is 0.355 e. The Balaban J connectivity index is 1.31. The molecule has 3 aromatic carbocycles. The van der Waals surface area contributed by atoms with Crippen molar-refractivity contribution in [2.24, 2.45) is 5.10 Å². The maximum absolute atomic E-state index is 12.7. The van der Waals surface area contributed by atoms with E-state index in [0.29, 0.717) is 37.7 Å². The third-order valence-corrected chi connectivity index (χ3v) is 6.55. The summed E-state index contributed by atoms with van der Waals surface area (Å²) < 4.78 is 16.9. The van der Waals surface area contributed by atoms with Crippen molar-refractivity contribution in [2.45, 2.75) is 0 Å². The molecule has 0 radical (unpaired) electrons. The van der Waals surface area contributed by atoms with Crippen LogP contribution in [0.2, 0.25) is 10.0 Å². The predicted molar refractivity (Wildman–Crippen MR) is 137 cm³/mol. The summed E-state index contributed by atoms with van der Waals surface area (Å²) in [5.41, 5.74) is 3.06. The van der Waals surface area contributed by atoms with Crippen LogP contribution in [0.4, 0.5) is 0 Å². The van der Waals surface area contributed by atoms with Crippen LogP contribution < -0.4 is 19.6 Å². The zero-order valence-corrected chi connectivity index (χ0v) is 20.6. The average Bonchev–Trinajstić information content (AvgIpc) is 3.19. The van der Waals surface area contributed by atoms with Gasteiger partial charge in [0.15, 0.2) is 6.61 Å². The standard InChI is InChI=1S/C25H18Cl2N2O5S/c1-32-18-9-10-20-21(12-18)35-24(23(20)27)25(31)34-17-7-5-15(6-8-17)13-28-29-22(30)14-33-19-4-2-3-16(26)11-19/h2-13H,14H2,1H3,(H,29,30). The molecule has 0 bridgehead atoms. The van der Waals surface area contributed by atoms with Crippen LogP contribution >= 0.6 is 34.5 Å². The van der Waals surface area contributed by atoms with Crippen LogP contribution in [0.15, 0.2) is 71.8 Å². The first kappa shape index (κ1) is 24.5. The molecule has 4 aromatic rings. The molecule has 0 saturated carbocycles. The zero-order chi connectivity index (χ0) is 24.8. The number of thiophene rings is 1. The third kappa shape index (κ3) is 6.30. The molecule has 0 fully saturated rings. The summed E-state index contributed by atoms with van der Waals surface area (Å²) in [6.45, 7) is -0.209. The number of carbonyl (C=O) groups excluding carboxylic acids is 2. The molecule has 0 unspecified atom stereocenters. The van der Waals surface area contributed by atoms with Gasteiger partial charge in [-0.05, 0) is 66.2 Å². The number of fused-ring (bicyclic) bond motifs is 1. The number of esters is 1. The van der Waals surface area contributed by atoms with Crippen LogP contribution in [-0.4, -0.2) is 31.8 Å². The normalized spacial score (nSPS) is 10.9. The van der Waals surface area contributed by atoms with Crippen molar-refractivity contribution in [1.29, 1.82) is 0 Å². The molecule has 0 spiro atoms. The van der Waals surface area contributed by atoms with Crippen LogP contribution in [0, 0.1) is 0 Å². The van der Waals surface area contributed by atoms with Crippen molar-refractivity contribution < 1.29 is 23.8 Å². The van der Waals surface area contributed by atoms with E-state index in [4.69, 9.17) is 37.4 Å². The summed E-state index contributed by atoms with van der Waals surface area (Å²) in [6.07, 6.45) is 1.46. The molecule has 10 heteroatoms. The van der Waals surface area contributed by atoms with Crippen molar-refractivity contribution in [3.63, 3.8) is 0 Å². The first-order valence-corrected chi connectivity index (χ1v) is 11.8. The number of ether oxygens (including phenoxy) is 3. The Labute approximate surface area is 214 Å². The number of hydrogen-bond donors (Lipinski definition) is 1. The summed E-state index contributed by atoms with van der Waals surface area (Å²) >= 11 is 13.5. The number of hydrogen-bond acceptors (Lipinski definition) is 7. The number of nitrogens with zero attached hydrogens (tertiary/aromatic N) is 1. The van der Waals surface area contributed by atoms with Crippen LogP contribution in [0.5, 0.6) is 17.2 Å². The Morgan fingerprint density at radius 1 is 1.00 bits per heavy atom. The Bertz CT molecular complexity index is 1400. The molecule has 4 rings (SSSR count). The second-order valence-electron chi connectivity index (χ2n) is 7.11. The minimum atomic E-state index is -0.552. The number of nitrogens with one attached hydrogen (secondary N) is 1. The van der Waals surface area contributed by atoms with Gasteiger partial charge in [-0.1, -0.05) is 29.3 Å². The largest absolute Gasteiger partial charge is 0.497 e. The fraction of sp³-hybridized carbons (Fsp3) is 0.0800. The fourth-order valence-electron chi connectivity index (χ4n) is 3.00. The lowest BCUT2D eigenvalue weighted by atomic mass is 10.2. The highest BCUT2D eigenvalue weighted by atomic mass is 35.5. The monoisotopic (exact) mass is 528 g/mol. The predicted octanol–water partition coefficient (Wildman–Crippen LogP) is 5.97. The Morgan fingerprint density at radius 2 is 1.77 bits per heavy atom. The molecule has 178 valence electrons. The van der Waals surface area contributed by atoms with Crippen molar-refractivity contribution in [3.05, 3.63) is 87.2 Å². The highest BCUT2D eigenvalue weighted by molar-refractivity contribution is 7.21. The number of benzene rings is 3. The van der Waals surface area contributed by atoms with Gasteiger partial charge in [-0.3, -0.25) is 4.79 Å². The van der Waals surface area contributed by atoms with E-state index < -0.39 is 11.9 Å². The SMILES string of the molecule is COc1ccc2c(Cl)c(C(=O)Oc3ccc(C=NNC(=O)COc4cccc(Cl)c4)cc3)sc2c1. The minimum absolute atomic E-state index is 0.209. The molecule has 35 heavy (non-hydrogen) atoms. The van der Waals surface area contributed by atoms with Crippen LogP contribution in [-0.2, 0) is 4.79 Å². The summed E-state index contributed by atoms with van der Waals surface area (Å²) in [6, 6.07) is 18.8. The highest BCUT2D eigenvalue weighted by Crippen LogP contribution is 2.37. The molecule has 1 heterocycles. The van der Waals surface area contributed by atoms with Gasteiger partial charge in [0.2, 0.25) is 0 Å². The molecule has 1 amide bonds. The first-order chi connectivity index (χ1) is 16.9. The van der Waals surface area contributed by atoms with Gasteiger partial charge in [0.25, 0.3) is 5.91 Å². The Morgan fingerprint density at radius 3 is 2.51 bits per heavy atom. The lowest BCUT2D eigenvalue weighted by Gasteiger charge is -2.05. The molecule has 1 aromatic heterocycles. The number of amides is 1. The molecular weight excluding hydrogens is 511 g/mol. The Kier molecular flexibility index (Phi) is 7.87. The quantitative estimate of drug-likeness (QED) is 0.132. The highest BCUT2D eigenvalue weighted by Gasteiger charge is 2.19. The maximum atomic E-state index is 12.7. The second-order valence-corrected chi connectivity index (χ2v) is 8.97. The van der Waals surface area contributed by atoms with Gasteiger partial charge >= 0.3 is 5.97 Å². The number of carbonyl (C=O) groups is 2. The number of rotatable bonds is 8. The zero-order valence-electron chi connectivity index (χ0n) is 18.3. The van der Waals surface area contributed by atoms with Crippen LogP contribution in [0.1, 0.15) is 15.2 Å². The molecule has 1 N–H and O–H groups in total. The third-order valence-electron chi connectivity index (χ3n) is 4.68. The summed E-state index contributed by atoms with van der Waals surface area (Å²) in [5, 5.41) is 5.52. The second kappa shape index (κ2) is 11.2. The molecule has 0 aliphatic carbocycles.